The summed E-state index contributed by atoms with van der Waals surface area (Å²) in [5, 5.41) is 3.33. The van der Waals surface area contributed by atoms with Crippen molar-refractivity contribution in [1.29, 1.82) is 0 Å². The second-order valence-electron chi connectivity index (χ2n) is 11.4. The van der Waals surface area contributed by atoms with Gasteiger partial charge < -0.3 is 25.0 Å². The molecule has 2 rings (SSSR count). The van der Waals surface area contributed by atoms with Crippen LogP contribution in [0.1, 0.15) is 55.4 Å². The quantitative estimate of drug-likeness (QED) is 0.466. The maximum atomic E-state index is 13.0. The molecule has 0 saturated heterocycles. The van der Waals surface area contributed by atoms with Crippen LogP contribution in [-0.2, 0) is 9.16 Å². The Labute approximate surface area is 188 Å². The molecule has 1 heterocycles. The highest BCUT2D eigenvalue weighted by Crippen LogP contribution is 2.39. The zero-order chi connectivity index (χ0) is 23.8. The van der Waals surface area contributed by atoms with E-state index in [-0.39, 0.29) is 11.1 Å². The summed E-state index contributed by atoms with van der Waals surface area (Å²) >= 11 is 0. The number of carbonyl (C=O) groups is 1. The maximum absolute atomic E-state index is 13.0. The first-order valence-corrected chi connectivity index (χ1v) is 13.8. The second-order valence-corrected chi connectivity index (χ2v) is 16.2. The standard InChI is InChI=1S/C23H41N3O4Si/c1-21(2,3)30-20(27)26-14-17(15-28-31(9,10)22(4,5)6)29-19-12-11-16(13-18(19)26)25-23(7,8)24/h11-13,17,25H,14-15,24H2,1-10H3/t17-/m0/s1. The van der Waals surface area contributed by atoms with Gasteiger partial charge in [0.25, 0.3) is 0 Å². The minimum absolute atomic E-state index is 0.0972. The molecule has 7 nitrogen and oxygen atoms in total. The number of hydrogen-bond acceptors (Lipinski definition) is 6. The van der Waals surface area contributed by atoms with Gasteiger partial charge in [0.1, 0.15) is 17.5 Å². The summed E-state index contributed by atoms with van der Waals surface area (Å²) < 4.78 is 18.3. The van der Waals surface area contributed by atoms with Crippen LogP contribution < -0.4 is 20.7 Å². The predicted octanol–water partition coefficient (Wildman–Crippen LogP) is 5.32. The lowest BCUT2D eigenvalue weighted by Crippen LogP contribution is -2.50. The number of nitrogens with one attached hydrogen (secondary N) is 1. The Morgan fingerprint density at radius 1 is 1.19 bits per heavy atom. The summed E-state index contributed by atoms with van der Waals surface area (Å²) in [6, 6.07) is 5.63. The average molecular weight is 452 g/mol. The number of nitrogens with zero attached hydrogens (tertiary/aromatic N) is 1. The number of benzene rings is 1. The van der Waals surface area contributed by atoms with Crippen molar-refractivity contribution in [1.82, 2.24) is 0 Å². The minimum atomic E-state index is -1.94. The highest BCUT2D eigenvalue weighted by atomic mass is 28.4. The van der Waals surface area contributed by atoms with Gasteiger partial charge in [-0.3, -0.25) is 4.90 Å². The summed E-state index contributed by atoms with van der Waals surface area (Å²) in [5.74, 6) is 0.626. The van der Waals surface area contributed by atoms with E-state index in [1.54, 1.807) is 4.90 Å². The Morgan fingerprint density at radius 3 is 2.32 bits per heavy atom. The molecule has 0 saturated carbocycles. The summed E-state index contributed by atoms with van der Waals surface area (Å²) in [5.41, 5.74) is 6.37. The Morgan fingerprint density at radius 2 is 1.81 bits per heavy atom. The SMILES string of the molecule is CC(C)(N)Nc1ccc2c(c1)N(C(=O)OC(C)(C)C)C[C@@H](CO[Si](C)(C)C(C)(C)C)O2. The zero-order valence-corrected chi connectivity index (χ0v) is 21.9. The van der Waals surface area contributed by atoms with E-state index in [2.05, 4.69) is 39.2 Å². The van der Waals surface area contributed by atoms with E-state index in [9.17, 15) is 4.79 Å². The number of hydrogen-bond donors (Lipinski definition) is 2. The van der Waals surface area contributed by atoms with Crippen molar-refractivity contribution in [2.45, 2.75) is 90.9 Å². The average Bonchev–Trinajstić information content (AvgIpc) is 2.55. The van der Waals surface area contributed by atoms with Gasteiger partial charge >= 0.3 is 6.09 Å². The number of carbonyl (C=O) groups excluding carboxylic acids is 1. The largest absolute Gasteiger partial charge is 0.484 e. The van der Waals surface area contributed by atoms with E-state index in [0.29, 0.717) is 24.6 Å². The fourth-order valence-corrected chi connectivity index (χ4v) is 3.93. The van der Waals surface area contributed by atoms with Crippen molar-refractivity contribution in [3.05, 3.63) is 18.2 Å². The number of amides is 1. The summed E-state index contributed by atoms with van der Waals surface area (Å²) in [7, 11) is -1.94. The lowest BCUT2D eigenvalue weighted by molar-refractivity contribution is 0.0522. The van der Waals surface area contributed by atoms with Gasteiger partial charge in [-0.2, -0.15) is 0 Å². The molecular weight excluding hydrogens is 410 g/mol. The number of fused-ring (bicyclic) bond motifs is 1. The lowest BCUT2D eigenvalue weighted by atomic mass is 10.1. The summed E-state index contributed by atoms with van der Waals surface area (Å²) in [6.07, 6.45) is -0.683. The molecule has 1 aliphatic heterocycles. The highest BCUT2D eigenvalue weighted by molar-refractivity contribution is 6.74. The normalized spacial score (nSPS) is 17.6. The molecule has 1 aromatic carbocycles. The van der Waals surface area contributed by atoms with E-state index in [1.165, 1.54) is 0 Å². The number of nitrogens with two attached hydrogens (primary N) is 1. The van der Waals surface area contributed by atoms with Crippen molar-refractivity contribution in [3.8, 4) is 5.75 Å². The van der Waals surface area contributed by atoms with E-state index >= 15 is 0 Å². The van der Waals surface area contributed by atoms with Crippen LogP contribution >= 0.6 is 0 Å². The van der Waals surface area contributed by atoms with Gasteiger partial charge in [0.15, 0.2) is 8.32 Å². The molecule has 8 heteroatoms. The third-order valence-electron chi connectivity index (χ3n) is 5.45. The van der Waals surface area contributed by atoms with Gasteiger partial charge in [0.2, 0.25) is 0 Å². The van der Waals surface area contributed by atoms with Crippen LogP contribution in [0.25, 0.3) is 0 Å². The molecule has 0 bridgehead atoms. The number of rotatable bonds is 5. The van der Waals surface area contributed by atoms with Crippen molar-refractivity contribution in [2.75, 3.05) is 23.4 Å². The molecule has 1 aromatic rings. The Bertz CT molecular complexity index is 791. The van der Waals surface area contributed by atoms with Crippen LogP contribution in [0.4, 0.5) is 16.2 Å². The second kappa shape index (κ2) is 8.63. The Hall–Kier alpha value is -1.77. The van der Waals surface area contributed by atoms with Crippen LogP contribution in [0.15, 0.2) is 18.2 Å². The molecule has 31 heavy (non-hydrogen) atoms. The molecule has 3 N–H and O–H groups in total. The number of anilines is 2. The molecule has 0 spiro atoms. The van der Waals surface area contributed by atoms with Gasteiger partial charge in [-0.1, -0.05) is 20.8 Å². The molecule has 1 amide bonds. The van der Waals surface area contributed by atoms with Crippen LogP contribution in [0, 0.1) is 0 Å². The molecular formula is C23H41N3O4Si. The van der Waals surface area contributed by atoms with Gasteiger partial charge in [-0.25, -0.2) is 4.79 Å². The molecule has 0 unspecified atom stereocenters. The van der Waals surface area contributed by atoms with E-state index < -0.39 is 25.7 Å². The fraction of sp³-hybridized carbons (Fsp3) is 0.696. The molecule has 1 aliphatic rings. The van der Waals surface area contributed by atoms with Crippen molar-refractivity contribution in [3.63, 3.8) is 0 Å². The van der Waals surface area contributed by atoms with Crippen LogP contribution in [0.2, 0.25) is 18.1 Å². The van der Waals surface area contributed by atoms with Gasteiger partial charge in [0.05, 0.1) is 24.5 Å². The van der Waals surface area contributed by atoms with Gasteiger partial charge in [0, 0.05) is 5.69 Å². The molecule has 1 atom stereocenters. The summed E-state index contributed by atoms with van der Waals surface area (Å²) in [6.45, 7) is 21.1. The first kappa shape index (κ1) is 25.5. The third kappa shape index (κ3) is 7.12. The Balaban J connectivity index is 2.31. The number of ether oxygens (including phenoxy) is 2. The summed E-state index contributed by atoms with van der Waals surface area (Å²) in [4.78, 5) is 14.7. The van der Waals surface area contributed by atoms with Crippen LogP contribution in [0.5, 0.6) is 5.75 Å². The first-order chi connectivity index (χ1) is 13.9. The minimum Gasteiger partial charge on any atom is -0.484 e. The maximum Gasteiger partial charge on any atom is 0.415 e. The van der Waals surface area contributed by atoms with Gasteiger partial charge in [-0.05, 0) is 71.0 Å². The molecule has 0 aliphatic carbocycles. The van der Waals surface area contributed by atoms with Crippen molar-refractivity contribution in [2.24, 2.45) is 5.73 Å². The highest BCUT2D eigenvalue weighted by Gasteiger charge is 2.39. The first-order valence-electron chi connectivity index (χ1n) is 10.9. The van der Waals surface area contributed by atoms with Crippen LogP contribution in [0.3, 0.4) is 0 Å². The molecule has 176 valence electrons. The van der Waals surface area contributed by atoms with Crippen LogP contribution in [-0.4, -0.2) is 44.9 Å². The Kier molecular flexibility index (Phi) is 7.10. The van der Waals surface area contributed by atoms with E-state index in [4.69, 9.17) is 19.6 Å². The van der Waals surface area contributed by atoms with Crippen molar-refractivity contribution < 1.29 is 18.7 Å². The van der Waals surface area contributed by atoms with E-state index in [1.807, 2.05) is 52.8 Å². The monoisotopic (exact) mass is 451 g/mol. The molecule has 0 aromatic heterocycles. The lowest BCUT2D eigenvalue weighted by Gasteiger charge is -2.40. The molecule has 0 radical (unpaired) electrons. The smallest absolute Gasteiger partial charge is 0.415 e. The topological polar surface area (TPSA) is 86.1 Å². The van der Waals surface area contributed by atoms with E-state index in [0.717, 1.165) is 5.69 Å². The van der Waals surface area contributed by atoms with Crippen molar-refractivity contribution >= 4 is 25.8 Å². The van der Waals surface area contributed by atoms with Gasteiger partial charge in [-0.15, -0.1) is 0 Å². The molecule has 0 fully saturated rings. The fourth-order valence-electron chi connectivity index (χ4n) is 2.89. The zero-order valence-electron chi connectivity index (χ0n) is 20.9. The third-order valence-corrected chi connectivity index (χ3v) is 9.95. The predicted molar refractivity (Wildman–Crippen MR) is 129 cm³/mol.